The van der Waals surface area contributed by atoms with Crippen molar-refractivity contribution < 1.29 is 0 Å². The molecule has 1 aromatic heterocycles. The van der Waals surface area contributed by atoms with Crippen LogP contribution in [0.25, 0.3) is 0 Å². The molecular formula is C12H24N4S. The van der Waals surface area contributed by atoms with Gasteiger partial charge in [0.15, 0.2) is 0 Å². The zero-order valence-electron chi connectivity index (χ0n) is 11.7. The maximum atomic E-state index is 4.39. The molecule has 1 N–H and O–H groups in total. The van der Waals surface area contributed by atoms with Crippen molar-refractivity contribution >= 4 is 17.7 Å². The number of hydrogen-bond donors (Lipinski definition) is 1. The van der Waals surface area contributed by atoms with Gasteiger partial charge in [0.25, 0.3) is 0 Å². The highest BCUT2D eigenvalue weighted by molar-refractivity contribution is 7.99. The third-order valence-corrected chi connectivity index (χ3v) is 4.12. The van der Waals surface area contributed by atoms with Crippen molar-refractivity contribution in [1.82, 2.24) is 14.9 Å². The molecule has 0 aliphatic rings. The molecule has 1 aromatic rings. The second-order valence-electron chi connectivity index (χ2n) is 5.07. The van der Waals surface area contributed by atoms with Crippen LogP contribution >= 0.6 is 11.8 Å². The van der Waals surface area contributed by atoms with Crippen LogP contribution in [0.1, 0.15) is 19.5 Å². The zero-order chi connectivity index (χ0) is 13.1. The molecule has 1 heterocycles. The zero-order valence-corrected chi connectivity index (χ0v) is 12.6. The van der Waals surface area contributed by atoms with E-state index in [1.165, 1.54) is 5.69 Å². The van der Waals surface area contributed by atoms with E-state index in [1.807, 2.05) is 37.0 Å². The Labute approximate surface area is 109 Å². The molecule has 0 aliphatic carbocycles. The summed E-state index contributed by atoms with van der Waals surface area (Å²) >= 11 is 1.88. The van der Waals surface area contributed by atoms with Crippen molar-refractivity contribution in [3.05, 3.63) is 11.9 Å². The minimum Gasteiger partial charge on any atom is -0.348 e. The highest BCUT2D eigenvalue weighted by Gasteiger charge is 2.15. The van der Waals surface area contributed by atoms with Crippen LogP contribution in [0, 0.1) is 0 Å². The van der Waals surface area contributed by atoms with E-state index in [1.54, 1.807) is 0 Å². The fourth-order valence-corrected chi connectivity index (χ4v) is 1.82. The highest BCUT2D eigenvalue weighted by Crippen LogP contribution is 2.19. The van der Waals surface area contributed by atoms with Crippen LogP contribution in [-0.2, 0) is 13.6 Å². The van der Waals surface area contributed by atoms with Crippen LogP contribution in [-0.4, -0.2) is 41.2 Å². The molecule has 0 spiro atoms. The molecule has 5 heteroatoms. The lowest BCUT2D eigenvalue weighted by Gasteiger charge is -2.22. The molecule has 1 rings (SSSR count). The van der Waals surface area contributed by atoms with E-state index in [4.69, 9.17) is 0 Å². The predicted octanol–water partition coefficient (Wildman–Crippen LogP) is 1.72. The Morgan fingerprint density at radius 2 is 2.12 bits per heavy atom. The molecule has 0 amide bonds. The summed E-state index contributed by atoms with van der Waals surface area (Å²) in [5.41, 5.74) is 1.21. The summed E-state index contributed by atoms with van der Waals surface area (Å²) in [6.07, 6.45) is 4.09. The molecule has 98 valence electrons. The highest BCUT2D eigenvalue weighted by atomic mass is 32.2. The Morgan fingerprint density at radius 1 is 1.47 bits per heavy atom. The lowest BCUT2D eigenvalue weighted by atomic mass is 10.2. The fourth-order valence-electron chi connectivity index (χ4n) is 1.58. The molecular weight excluding hydrogens is 232 g/mol. The van der Waals surface area contributed by atoms with Crippen LogP contribution in [0.4, 0.5) is 5.95 Å². The number of nitrogens with one attached hydrogen (secondary N) is 1. The van der Waals surface area contributed by atoms with Gasteiger partial charge in [0.2, 0.25) is 5.95 Å². The van der Waals surface area contributed by atoms with Crippen molar-refractivity contribution in [3.8, 4) is 0 Å². The molecule has 0 unspecified atom stereocenters. The summed E-state index contributed by atoms with van der Waals surface area (Å²) in [6.45, 7) is 6.36. The van der Waals surface area contributed by atoms with Gasteiger partial charge in [-0.2, -0.15) is 11.8 Å². The van der Waals surface area contributed by atoms with Gasteiger partial charge in [0.05, 0.1) is 11.9 Å². The lowest BCUT2D eigenvalue weighted by molar-refractivity contribution is 0.577. The molecule has 0 aliphatic heterocycles. The van der Waals surface area contributed by atoms with Crippen LogP contribution in [0.3, 0.4) is 0 Å². The van der Waals surface area contributed by atoms with Crippen molar-refractivity contribution in [1.29, 1.82) is 0 Å². The van der Waals surface area contributed by atoms with Gasteiger partial charge >= 0.3 is 0 Å². The second-order valence-corrected chi connectivity index (χ2v) is 6.58. The number of aromatic nitrogens is 2. The Kier molecular flexibility index (Phi) is 4.89. The predicted molar refractivity (Wildman–Crippen MR) is 76.8 cm³/mol. The molecule has 4 nitrogen and oxygen atoms in total. The smallest absolute Gasteiger partial charge is 0.204 e. The van der Waals surface area contributed by atoms with Gasteiger partial charge in [-0.25, -0.2) is 4.98 Å². The Hall–Kier alpha value is -0.680. The molecule has 0 atom stereocenters. The van der Waals surface area contributed by atoms with Crippen LogP contribution in [0.5, 0.6) is 0 Å². The van der Waals surface area contributed by atoms with Gasteiger partial charge in [-0.3, -0.25) is 0 Å². The van der Waals surface area contributed by atoms with Gasteiger partial charge in [0.1, 0.15) is 0 Å². The van der Waals surface area contributed by atoms with E-state index in [-0.39, 0.29) is 4.75 Å². The lowest BCUT2D eigenvalue weighted by Crippen LogP contribution is -2.32. The third kappa shape index (κ3) is 3.92. The summed E-state index contributed by atoms with van der Waals surface area (Å²) in [6, 6.07) is 0. The number of rotatable bonds is 6. The van der Waals surface area contributed by atoms with Crippen molar-refractivity contribution in [2.24, 2.45) is 7.05 Å². The van der Waals surface area contributed by atoms with E-state index >= 15 is 0 Å². The van der Waals surface area contributed by atoms with Crippen molar-refractivity contribution in [3.63, 3.8) is 0 Å². The number of hydrogen-bond acceptors (Lipinski definition) is 4. The molecule has 0 bridgehead atoms. The number of imidazole rings is 1. The fraction of sp³-hybridized carbons (Fsp3) is 0.750. The average molecular weight is 256 g/mol. The molecule has 0 saturated carbocycles. The number of thioether (sulfide) groups is 1. The second kappa shape index (κ2) is 5.78. The molecule has 0 radical (unpaired) electrons. The summed E-state index contributed by atoms with van der Waals surface area (Å²) < 4.78 is 2.40. The minimum atomic E-state index is 0.281. The van der Waals surface area contributed by atoms with Crippen molar-refractivity contribution in [2.75, 3.05) is 31.8 Å². The summed E-state index contributed by atoms with van der Waals surface area (Å²) in [5, 5.41) is 3.49. The van der Waals surface area contributed by atoms with Gasteiger partial charge in [-0.1, -0.05) is 0 Å². The normalized spacial score (nSPS) is 11.9. The molecule has 0 saturated heterocycles. The SMILES string of the molecule is CSC(C)(C)CNCc1cnc(N(C)C)n1C. The summed E-state index contributed by atoms with van der Waals surface area (Å²) in [7, 11) is 6.08. The van der Waals surface area contributed by atoms with E-state index in [9.17, 15) is 0 Å². The Morgan fingerprint density at radius 3 is 2.59 bits per heavy atom. The maximum absolute atomic E-state index is 4.39. The molecule has 0 aromatic carbocycles. The van der Waals surface area contributed by atoms with Crippen LogP contribution in [0.15, 0.2) is 6.20 Å². The summed E-state index contributed by atoms with van der Waals surface area (Å²) in [5.74, 6) is 0.992. The molecule has 0 fully saturated rings. The number of nitrogens with zero attached hydrogens (tertiary/aromatic N) is 3. The van der Waals surface area contributed by atoms with E-state index in [0.717, 1.165) is 19.0 Å². The topological polar surface area (TPSA) is 33.1 Å². The quantitative estimate of drug-likeness (QED) is 0.840. The minimum absolute atomic E-state index is 0.281. The van der Waals surface area contributed by atoms with Crippen LogP contribution in [0.2, 0.25) is 0 Å². The largest absolute Gasteiger partial charge is 0.348 e. The van der Waals surface area contributed by atoms with Gasteiger partial charge < -0.3 is 14.8 Å². The first kappa shape index (κ1) is 14.4. The van der Waals surface area contributed by atoms with E-state index in [0.29, 0.717) is 0 Å². The first-order chi connectivity index (χ1) is 7.87. The molecule has 17 heavy (non-hydrogen) atoms. The van der Waals surface area contributed by atoms with Gasteiger partial charge in [-0.05, 0) is 20.1 Å². The third-order valence-electron chi connectivity index (χ3n) is 2.87. The van der Waals surface area contributed by atoms with Crippen molar-refractivity contribution in [2.45, 2.75) is 25.1 Å². The Balaban J connectivity index is 2.53. The first-order valence-corrected chi connectivity index (χ1v) is 7.03. The van der Waals surface area contributed by atoms with E-state index in [2.05, 4.69) is 42.0 Å². The first-order valence-electron chi connectivity index (χ1n) is 5.81. The summed E-state index contributed by atoms with van der Waals surface area (Å²) in [4.78, 5) is 6.42. The average Bonchev–Trinajstić information content (AvgIpc) is 2.60. The maximum Gasteiger partial charge on any atom is 0.204 e. The standard InChI is InChI=1S/C12H24N4S/c1-12(2,17-6)9-13-7-10-8-14-11(15(3)4)16(10)5/h8,13H,7,9H2,1-6H3. The number of anilines is 1. The monoisotopic (exact) mass is 256 g/mol. The van der Waals surface area contributed by atoms with Crippen LogP contribution < -0.4 is 10.2 Å². The van der Waals surface area contributed by atoms with Gasteiger partial charge in [0, 0.05) is 39.0 Å². The van der Waals surface area contributed by atoms with E-state index < -0.39 is 0 Å². The Bertz CT molecular complexity index is 357. The van der Waals surface area contributed by atoms with Gasteiger partial charge in [-0.15, -0.1) is 0 Å².